The number of phosphoric ester groups is 1. The van der Waals surface area contributed by atoms with Crippen molar-refractivity contribution in [1.29, 1.82) is 0 Å². The van der Waals surface area contributed by atoms with Gasteiger partial charge < -0.3 is 20.1 Å². The first-order valence-corrected chi connectivity index (χ1v) is 34.2. The van der Waals surface area contributed by atoms with Crippen LogP contribution in [0.15, 0.2) is 97.2 Å². The van der Waals surface area contributed by atoms with Gasteiger partial charge in [-0.2, -0.15) is 0 Å². The van der Waals surface area contributed by atoms with E-state index in [9.17, 15) is 19.0 Å². The highest BCUT2D eigenvalue weighted by Crippen LogP contribution is 2.43. The Balaban J connectivity index is 3.89. The summed E-state index contributed by atoms with van der Waals surface area (Å²) < 4.78 is 33.2. The van der Waals surface area contributed by atoms with Crippen molar-refractivity contribution >= 4 is 19.8 Å². The molecular formula is C69H122NO8P. The molecule has 0 rings (SSSR count). The van der Waals surface area contributed by atoms with Crippen molar-refractivity contribution in [2.45, 2.75) is 302 Å². The van der Waals surface area contributed by atoms with E-state index in [1.54, 1.807) is 0 Å². The second-order valence-electron chi connectivity index (χ2n) is 21.6. The van der Waals surface area contributed by atoms with Gasteiger partial charge in [0.05, 0.1) is 13.2 Å². The lowest BCUT2D eigenvalue weighted by Gasteiger charge is -2.19. The minimum Gasteiger partial charge on any atom is -0.462 e. The molecule has 0 radical (unpaired) electrons. The van der Waals surface area contributed by atoms with Crippen molar-refractivity contribution in [3.05, 3.63) is 97.2 Å². The Morgan fingerprint density at radius 1 is 0.380 bits per heavy atom. The lowest BCUT2D eigenvalue weighted by atomic mass is 10.0. The third-order valence-corrected chi connectivity index (χ3v) is 14.9. The largest absolute Gasteiger partial charge is 0.472 e. The molecule has 10 heteroatoms. The minimum atomic E-state index is -4.39. The van der Waals surface area contributed by atoms with E-state index in [1.807, 2.05) is 0 Å². The van der Waals surface area contributed by atoms with Gasteiger partial charge in [0, 0.05) is 19.4 Å². The van der Waals surface area contributed by atoms with Crippen molar-refractivity contribution in [3.8, 4) is 0 Å². The van der Waals surface area contributed by atoms with Crippen LogP contribution in [0.4, 0.5) is 0 Å². The highest BCUT2D eigenvalue weighted by atomic mass is 31.2. The van der Waals surface area contributed by atoms with Crippen LogP contribution in [-0.4, -0.2) is 49.3 Å². The molecule has 0 saturated heterocycles. The molecule has 0 aromatic carbocycles. The van der Waals surface area contributed by atoms with Crippen molar-refractivity contribution in [1.82, 2.24) is 0 Å². The molecule has 0 saturated carbocycles. The molecule has 0 aliphatic rings. The number of allylic oxidation sites excluding steroid dienone is 16. The zero-order valence-electron chi connectivity index (χ0n) is 51.1. The summed E-state index contributed by atoms with van der Waals surface area (Å²) >= 11 is 0. The average Bonchev–Trinajstić information content (AvgIpc) is 3.44. The van der Waals surface area contributed by atoms with E-state index in [0.717, 1.165) is 89.9 Å². The Kier molecular flexibility index (Phi) is 61.6. The Morgan fingerprint density at radius 3 is 0.975 bits per heavy atom. The Labute approximate surface area is 486 Å². The van der Waals surface area contributed by atoms with Gasteiger partial charge in [-0.1, -0.05) is 291 Å². The molecule has 79 heavy (non-hydrogen) atoms. The molecule has 2 atom stereocenters. The summed E-state index contributed by atoms with van der Waals surface area (Å²) in [5, 5.41) is 0. The summed E-state index contributed by atoms with van der Waals surface area (Å²) in [7, 11) is -4.39. The van der Waals surface area contributed by atoms with Crippen LogP contribution in [0.5, 0.6) is 0 Å². The normalized spacial score (nSPS) is 13.6. The van der Waals surface area contributed by atoms with E-state index in [2.05, 4.69) is 111 Å². The summed E-state index contributed by atoms with van der Waals surface area (Å²) in [4.78, 5) is 35.3. The zero-order valence-corrected chi connectivity index (χ0v) is 52.0. The third-order valence-electron chi connectivity index (χ3n) is 14.0. The first-order valence-electron chi connectivity index (χ1n) is 32.7. The number of nitrogens with two attached hydrogens (primary N) is 1. The lowest BCUT2D eigenvalue weighted by Crippen LogP contribution is -2.29. The van der Waals surface area contributed by atoms with Crippen LogP contribution < -0.4 is 5.73 Å². The van der Waals surface area contributed by atoms with Crippen molar-refractivity contribution < 1.29 is 37.6 Å². The van der Waals surface area contributed by atoms with Crippen LogP contribution in [0.3, 0.4) is 0 Å². The number of unbranched alkanes of at least 4 members (excludes halogenated alkanes) is 32. The SMILES string of the molecule is CC/C=C\C/C=C\C/C=C\C/C=C\CCCCCCCCCCCCCCCCCCCCC(=O)OC(COC(=O)CCCCCCCCCCCCCCCC/C=C\C/C=C\C/C=C\C/C=C\CC)COP(=O)(O)OCCN. The summed E-state index contributed by atoms with van der Waals surface area (Å²) in [5.41, 5.74) is 5.40. The molecule has 0 spiro atoms. The first-order chi connectivity index (χ1) is 38.8. The maximum Gasteiger partial charge on any atom is 0.472 e. The molecule has 0 aliphatic heterocycles. The van der Waals surface area contributed by atoms with Crippen LogP contribution in [0, 0.1) is 0 Å². The number of ether oxygens (including phenoxy) is 2. The Bertz CT molecular complexity index is 1610. The van der Waals surface area contributed by atoms with Crippen molar-refractivity contribution in [2.24, 2.45) is 5.73 Å². The smallest absolute Gasteiger partial charge is 0.462 e. The fourth-order valence-electron chi connectivity index (χ4n) is 9.21. The Morgan fingerprint density at radius 2 is 0.658 bits per heavy atom. The molecule has 0 aliphatic carbocycles. The maximum atomic E-state index is 12.8. The van der Waals surface area contributed by atoms with Crippen LogP contribution in [0.1, 0.15) is 296 Å². The van der Waals surface area contributed by atoms with Gasteiger partial charge in [0.25, 0.3) is 0 Å². The topological polar surface area (TPSA) is 134 Å². The maximum absolute atomic E-state index is 12.8. The molecule has 0 aromatic heterocycles. The summed E-state index contributed by atoms with van der Waals surface area (Å²) in [6.45, 7) is 3.55. The number of carbonyl (C=O) groups excluding carboxylic acids is 2. The van der Waals surface area contributed by atoms with Gasteiger partial charge in [-0.3, -0.25) is 18.6 Å². The Hall–Kier alpha value is -3.07. The van der Waals surface area contributed by atoms with E-state index >= 15 is 0 Å². The van der Waals surface area contributed by atoms with Crippen LogP contribution in [-0.2, 0) is 32.7 Å². The molecule has 3 N–H and O–H groups in total. The van der Waals surface area contributed by atoms with Crippen LogP contribution >= 0.6 is 7.82 Å². The van der Waals surface area contributed by atoms with E-state index in [0.29, 0.717) is 6.42 Å². The van der Waals surface area contributed by atoms with Crippen LogP contribution in [0.25, 0.3) is 0 Å². The summed E-state index contributed by atoms with van der Waals surface area (Å²) in [5.74, 6) is -0.820. The standard InChI is InChI=1S/C69H122NO8P/c1-3-5-7-9-11-13-15-17-19-21-23-25-27-29-31-32-33-34-36-38-40-42-44-46-48-50-52-54-56-58-60-62-69(72)78-67(66-77-79(73,74)76-64-63-70)65-75-68(71)61-59-57-55-53-51-49-47-45-43-41-39-37-35-30-28-26-24-22-20-18-16-14-12-10-8-6-4-2/h5-8,11-14,17-20,23-26,67H,3-4,9-10,15-16,21-22,27-66,70H2,1-2H3,(H,73,74)/b7-5-,8-6-,13-11-,14-12-,19-17-,20-18-,25-23-,26-24-. The summed E-state index contributed by atoms with van der Waals surface area (Å²) in [6.07, 6.45) is 86.3. The van der Waals surface area contributed by atoms with Gasteiger partial charge in [-0.25, -0.2) is 4.57 Å². The molecular weight excluding hydrogens is 1000 g/mol. The molecule has 0 amide bonds. The molecule has 0 bridgehead atoms. The second kappa shape index (κ2) is 64.1. The molecule has 0 aromatic rings. The lowest BCUT2D eigenvalue weighted by molar-refractivity contribution is -0.161. The molecule has 2 unspecified atom stereocenters. The van der Waals surface area contributed by atoms with Gasteiger partial charge >= 0.3 is 19.8 Å². The highest BCUT2D eigenvalue weighted by Gasteiger charge is 2.26. The number of hydrogen-bond acceptors (Lipinski definition) is 8. The predicted molar refractivity (Wildman–Crippen MR) is 339 cm³/mol. The molecule has 0 heterocycles. The van der Waals surface area contributed by atoms with Crippen LogP contribution in [0.2, 0.25) is 0 Å². The highest BCUT2D eigenvalue weighted by molar-refractivity contribution is 7.47. The van der Waals surface area contributed by atoms with E-state index < -0.39 is 26.5 Å². The number of hydrogen-bond donors (Lipinski definition) is 2. The monoisotopic (exact) mass is 1120 g/mol. The predicted octanol–water partition coefficient (Wildman–Crippen LogP) is 21.2. The third kappa shape index (κ3) is 64.0. The minimum absolute atomic E-state index is 0.0514. The van der Waals surface area contributed by atoms with Gasteiger partial charge in [0.2, 0.25) is 0 Å². The quantitative estimate of drug-likeness (QED) is 0.0264. The first kappa shape index (κ1) is 75.9. The number of phosphoric acid groups is 1. The van der Waals surface area contributed by atoms with Crippen molar-refractivity contribution in [3.63, 3.8) is 0 Å². The van der Waals surface area contributed by atoms with Gasteiger partial charge in [-0.15, -0.1) is 0 Å². The number of carbonyl (C=O) groups is 2. The zero-order chi connectivity index (χ0) is 57.3. The average molecular weight is 1120 g/mol. The summed E-state index contributed by atoms with van der Waals surface area (Å²) in [6, 6.07) is 0. The van der Waals surface area contributed by atoms with Crippen molar-refractivity contribution in [2.75, 3.05) is 26.4 Å². The van der Waals surface area contributed by atoms with Gasteiger partial charge in [0.15, 0.2) is 6.10 Å². The second-order valence-corrected chi connectivity index (χ2v) is 23.0. The number of rotatable bonds is 61. The molecule has 456 valence electrons. The number of esters is 2. The van der Waals surface area contributed by atoms with E-state index in [-0.39, 0.29) is 38.6 Å². The fourth-order valence-corrected chi connectivity index (χ4v) is 9.97. The molecule has 0 fully saturated rings. The van der Waals surface area contributed by atoms with Gasteiger partial charge in [-0.05, 0) is 89.9 Å². The fraction of sp³-hybridized carbons (Fsp3) is 0.739. The molecule has 9 nitrogen and oxygen atoms in total. The van der Waals surface area contributed by atoms with E-state index in [1.165, 1.54) is 173 Å². The van der Waals surface area contributed by atoms with Gasteiger partial charge in [0.1, 0.15) is 6.61 Å². The van der Waals surface area contributed by atoms with E-state index in [4.69, 9.17) is 24.3 Å².